The summed E-state index contributed by atoms with van der Waals surface area (Å²) in [5.74, 6) is 0.102. The van der Waals surface area contributed by atoms with Crippen LogP contribution in [0.1, 0.15) is 23.5 Å². The minimum atomic E-state index is 0.102. The highest BCUT2D eigenvalue weighted by Gasteiger charge is 2.24. The van der Waals surface area contributed by atoms with Crippen molar-refractivity contribution in [1.29, 1.82) is 0 Å². The summed E-state index contributed by atoms with van der Waals surface area (Å²) >= 11 is 1.67. The van der Waals surface area contributed by atoms with Gasteiger partial charge in [0.2, 0.25) is 5.91 Å². The van der Waals surface area contributed by atoms with Gasteiger partial charge in [0.1, 0.15) is 0 Å². The van der Waals surface area contributed by atoms with Crippen LogP contribution < -0.4 is 5.32 Å². The van der Waals surface area contributed by atoms with Crippen LogP contribution in [-0.2, 0) is 17.9 Å². The number of fused-ring (bicyclic) bond motifs is 1. The van der Waals surface area contributed by atoms with Gasteiger partial charge in [0.05, 0.1) is 13.1 Å². The molecule has 0 bridgehead atoms. The molecule has 1 N–H and O–H groups in total. The van der Waals surface area contributed by atoms with Crippen molar-refractivity contribution in [2.75, 3.05) is 13.1 Å². The van der Waals surface area contributed by atoms with Crippen LogP contribution in [0.3, 0.4) is 0 Å². The Kier molecular flexibility index (Phi) is 3.89. The summed E-state index contributed by atoms with van der Waals surface area (Å²) in [4.78, 5) is 15.5. The fourth-order valence-corrected chi connectivity index (χ4v) is 3.33. The van der Waals surface area contributed by atoms with Gasteiger partial charge < -0.3 is 9.88 Å². The number of nitrogens with zero attached hydrogens (tertiary/aromatic N) is 2. The zero-order valence-corrected chi connectivity index (χ0v) is 12.4. The molecule has 0 saturated heterocycles. The fourth-order valence-electron chi connectivity index (χ4n) is 2.68. The van der Waals surface area contributed by atoms with Crippen molar-refractivity contribution in [3.63, 3.8) is 0 Å². The fraction of sp³-hybridized carbons (Fsp3) is 0.400. The van der Waals surface area contributed by atoms with Crippen LogP contribution in [0.25, 0.3) is 0 Å². The van der Waals surface area contributed by atoms with Crippen LogP contribution >= 0.6 is 11.3 Å². The van der Waals surface area contributed by atoms with E-state index >= 15 is 0 Å². The first-order valence-corrected chi connectivity index (χ1v) is 7.80. The predicted molar refractivity (Wildman–Crippen MR) is 80.6 cm³/mol. The Hall–Kier alpha value is -1.59. The van der Waals surface area contributed by atoms with Crippen LogP contribution in [-0.4, -0.2) is 28.5 Å². The molecule has 3 rings (SSSR count). The lowest BCUT2D eigenvalue weighted by molar-refractivity contribution is -0.123. The summed E-state index contributed by atoms with van der Waals surface area (Å²) in [6, 6.07) is 8.56. The van der Waals surface area contributed by atoms with E-state index in [4.69, 9.17) is 0 Å². The van der Waals surface area contributed by atoms with Gasteiger partial charge in [-0.3, -0.25) is 9.69 Å². The zero-order valence-electron chi connectivity index (χ0n) is 11.6. The molecule has 0 radical (unpaired) electrons. The number of hydrogen-bond acceptors (Lipinski definition) is 3. The summed E-state index contributed by atoms with van der Waals surface area (Å²) in [5.41, 5.74) is 1.29. The van der Waals surface area contributed by atoms with Gasteiger partial charge in [-0.05, 0) is 30.5 Å². The lowest BCUT2D eigenvalue weighted by Gasteiger charge is -2.34. The zero-order chi connectivity index (χ0) is 13.9. The first-order chi connectivity index (χ1) is 9.74. The molecule has 0 spiro atoms. The lowest BCUT2D eigenvalue weighted by Crippen LogP contribution is -2.42. The van der Waals surface area contributed by atoms with Crippen LogP contribution in [0.2, 0.25) is 0 Å². The SMILES string of the molecule is CC1c2cccn2CCN1CC(=O)NCc1cccs1. The maximum absolute atomic E-state index is 12.0. The number of nitrogens with one attached hydrogen (secondary N) is 1. The van der Waals surface area contributed by atoms with Crippen molar-refractivity contribution in [3.8, 4) is 0 Å². The smallest absolute Gasteiger partial charge is 0.234 e. The molecular formula is C15H19N3OS. The molecule has 106 valence electrons. The first kappa shape index (κ1) is 13.4. The van der Waals surface area contributed by atoms with E-state index in [2.05, 4.69) is 40.0 Å². The quantitative estimate of drug-likeness (QED) is 0.937. The van der Waals surface area contributed by atoms with Crippen LogP contribution in [0.4, 0.5) is 0 Å². The molecule has 3 heterocycles. The molecule has 0 aliphatic carbocycles. The average molecular weight is 289 g/mol. The van der Waals surface area contributed by atoms with Gasteiger partial charge in [0, 0.05) is 35.9 Å². The molecule has 0 fully saturated rings. The normalized spacial score (nSPS) is 18.8. The summed E-state index contributed by atoms with van der Waals surface area (Å²) in [6.45, 7) is 5.16. The lowest BCUT2D eigenvalue weighted by atomic mass is 10.1. The van der Waals surface area contributed by atoms with Crippen LogP contribution in [0, 0.1) is 0 Å². The number of hydrogen-bond donors (Lipinski definition) is 1. The Labute approximate surface area is 123 Å². The summed E-state index contributed by atoms with van der Waals surface area (Å²) in [6.07, 6.45) is 2.11. The van der Waals surface area contributed by atoms with Crippen molar-refractivity contribution < 1.29 is 4.79 Å². The van der Waals surface area contributed by atoms with Gasteiger partial charge in [-0.2, -0.15) is 0 Å². The standard InChI is InChI=1S/C15H19N3OS/c1-12-14-5-2-6-17(14)7-8-18(12)11-15(19)16-10-13-4-3-9-20-13/h2-6,9,12H,7-8,10-11H2,1H3,(H,16,19). The molecule has 0 aromatic carbocycles. The third-order valence-electron chi connectivity index (χ3n) is 3.86. The number of amides is 1. The second-order valence-corrected chi connectivity index (χ2v) is 6.16. The molecule has 1 atom stereocenters. The Morgan fingerprint density at radius 2 is 2.30 bits per heavy atom. The molecule has 1 amide bonds. The molecule has 2 aromatic rings. The van der Waals surface area contributed by atoms with Crippen LogP contribution in [0.15, 0.2) is 35.8 Å². The Morgan fingerprint density at radius 1 is 1.40 bits per heavy atom. The second-order valence-electron chi connectivity index (χ2n) is 5.13. The third-order valence-corrected chi connectivity index (χ3v) is 4.73. The average Bonchev–Trinajstić information content (AvgIpc) is 3.10. The number of carbonyl (C=O) groups excluding carboxylic acids is 1. The Balaban J connectivity index is 1.54. The van der Waals surface area contributed by atoms with E-state index < -0.39 is 0 Å². The maximum atomic E-state index is 12.0. The van der Waals surface area contributed by atoms with Crippen molar-refractivity contribution in [1.82, 2.24) is 14.8 Å². The van der Waals surface area contributed by atoms with Crippen molar-refractivity contribution in [2.45, 2.75) is 26.1 Å². The third kappa shape index (κ3) is 2.78. The summed E-state index contributed by atoms with van der Waals surface area (Å²) in [5, 5.41) is 5.02. The molecule has 1 aliphatic rings. The van der Waals surface area contributed by atoms with Gasteiger partial charge in [-0.15, -0.1) is 11.3 Å². The monoisotopic (exact) mass is 289 g/mol. The number of aromatic nitrogens is 1. The van der Waals surface area contributed by atoms with Crippen molar-refractivity contribution in [2.24, 2.45) is 0 Å². The number of thiophene rings is 1. The van der Waals surface area contributed by atoms with Gasteiger partial charge in [-0.25, -0.2) is 0 Å². The molecule has 0 saturated carbocycles. The van der Waals surface area contributed by atoms with E-state index in [-0.39, 0.29) is 5.91 Å². The Morgan fingerprint density at radius 3 is 3.10 bits per heavy atom. The van der Waals surface area contributed by atoms with Gasteiger partial charge in [0.25, 0.3) is 0 Å². The van der Waals surface area contributed by atoms with Crippen molar-refractivity contribution in [3.05, 3.63) is 46.4 Å². The van der Waals surface area contributed by atoms with E-state index in [9.17, 15) is 4.79 Å². The highest BCUT2D eigenvalue weighted by molar-refractivity contribution is 7.09. The topological polar surface area (TPSA) is 37.3 Å². The molecule has 4 nitrogen and oxygen atoms in total. The first-order valence-electron chi connectivity index (χ1n) is 6.92. The molecule has 5 heteroatoms. The summed E-state index contributed by atoms with van der Waals surface area (Å²) < 4.78 is 2.27. The number of rotatable bonds is 4. The van der Waals surface area contributed by atoms with Gasteiger partial charge in [0.15, 0.2) is 0 Å². The van der Waals surface area contributed by atoms with Crippen LogP contribution in [0.5, 0.6) is 0 Å². The van der Waals surface area contributed by atoms with E-state index in [0.717, 1.165) is 13.1 Å². The van der Waals surface area contributed by atoms with E-state index in [1.807, 2.05) is 17.5 Å². The van der Waals surface area contributed by atoms with E-state index in [0.29, 0.717) is 19.1 Å². The molecular weight excluding hydrogens is 270 g/mol. The minimum absolute atomic E-state index is 0.102. The molecule has 1 unspecified atom stereocenters. The largest absolute Gasteiger partial charge is 0.350 e. The molecule has 1 aliphatic heterocycles. The molecule has 20 heavy (non-hydrogen) atoms. The number of carbonyl (C=O) groups is 1. The second kappa shape index (κ2) is 5.81. The predicted octanol–water partition coefficient (Wildman–Crippen LogP) is 2.24. The van der Waals surface area contributed by atoms with E-state index in [1.54, 1.807) is 11.3 Å². The van der Waals surface area contributed by atoms with Gasteiger partial charge in [-0.1, -0.05) is 6.07 Å². The minimum Gasteiger partial charge on any atom is -0.350 e. The molecule has 2 aromatic heterocycles. The van der Waals surface area contributed by atoms with Gasteiger partial charge >= 0.3 is 0 Å². The highest BCUT2D eigenvalue weighted by Crippen LogP contribution is 2.24. The Bertz CT molecular complexity index is 576. The highest BCUT2D eigenvalue weighted by atomic mass is 32.1. The summed E-state index contributed by atoms with van der Waals surface area (Å²) in [7, 11) is 0. The van der Waals surface area contributed by atoms with E-state index in [1.165, 1.54) is 10.6 Å². The maximum Gasteiger partial charge on any atom is 0.234 e. The van der Waals surface area contributed by atoms with Crippen molar-refractivity contribution >= 4 is 17.2 Å².